The van der Waals surface area contributed by atoms with E-state index in [1.54, 1.807) is 29.2 Å². The molecule has 0 bridgehead atoms. The summed E-state index contributed by atoms with van der Waals surface area (Å²) < 4.78 is 48.3. The number of amides is 4. The molecule has 0 spiro atoms. The van der Waals surface area contributed by atoms with Crippen LogP contribution in [0.5, 0.6) is 0 Å². The summed E-state index contributed by atoms with van der Waals surface area (Å²) in [6, 6.07) is 8.17. The van der Waals surface area contributed by atoms with Gasteiger partial charge in [0.05, 0.1) is 24.7 Å². The van der Waals surface area contributed by atoms with Crippen molar-refractivity contribution in [1.82, 2.24) is 5.32 Å². The molecule has 9 nitrogen and oxygen atoms in total. The number of halogens is 3. The minimum Gasteiger partial charge on any atom is -0.442 e. The Morgan fingerprint density at radius 1 is 1.09 bits per heavy atom. The number of ether oxygens (including phenoxy) is 2. The highest BCUT2D eigenvalue weighted by atomic mass is 32.1. The lowest BCUT2D eigenvalue weighted by molar-refractivity contribution is -0.134. The zero-order chi connectivity index (χ0) is 23.6. The maximum absolute atomic E-state index is 12.6. The Hall–Kier alpha value is -3.32. The van der Waals surface area contributed by atoms with Crippen LogP contribution in [0.25, 0.3) is 0 Å². The minimum atomic E-state index is -4.47. The molecule has 0 unspecified atom stereocenters. The molecular formula is C20H19F3N4O5S. The van der Waals surface area contributed by atoms with Gasteiger partial charge in [-0.05, 0) is 36.4 Å². The van der Waals surface area contributed by atoms with Crippen molar-refractivity contribution < 1.29 is 37.0 Å². The number of alkyl halides is 3. The third-order valence-corrected chi connectivity index (χ3v) is 5.99. The summed E-state index contributed by atoms with van der Waals surface area (Å²) >= 11 is 0.414. The van der Waals surface area contributed by atoms with Crippen LogP contribution in [0.4, 0.5) is 39.1 Å². The monoisotopic (exact) mass is 484 g/mol. The molecule has 4 rings (SSSR count). The summed E-state index contributed by atoms with van der Waals surface area (Å²) in [5.74, 6) is -0.142. The van der Waals surface area contributed by atoms with Crippen molar-refractivity contribution in [3.8, 4) is 0 Å². The summed E-state index contributed by atoms with van der Waals surface area (Å²) in [5.41, 5.74) is 1.26. The summed E-state index contributed by atoms with van der Waals surface area (Å²) in [7, 11) is 0. The van der Waals surface area contributed by atoms with E-state index in [1.807, 2.05) is 0 Å². The number of cyclic esters (lactones) is 1. The van der Waals surface area contributed by atoms with Crippen molar-refractivity contribution in [2.24, 2.45) is 0 Å². The number of anilines is 3. The maximum Gasteiger partial charge on any atom is 0.425 e. The second-order valence-electron chi connectivity index (χ2n) is 7.23. The molecule has 3 heterocycles. The summed E-state index contributed by atoms with van der Waals surface area (Å²) in [5, 5.41) is 4.86. The summed E-state index contributed by atoms with van der Waals surface area (Å²) in [6.45, 7) is 1.07. The van der Waals surface area contributed by atoms with E-state index in [0.29, 0.717) is 35.9 Å². The third kappa shape index (κ3) is 5.37. The van der Waals surface area contributed by atoms with Crippen LogP contribution >= 0.6 is 11.3 Å². The van der Waals surface area contributed by atoms with Gasteiger partial charge in [-0.1, -0.05) is 0 Å². The van der Waals surface area contributed by atoms with Gasteiger partial charge >= 0.3 is 18.3 Å². The predicted octanol–water partition coefficient (Wildman–Crippen LogP) is 3.28. The second kappa shape index (κ2) is 9.27. The van der Waals surface area contributed by atoms with Crippen LogP contribution in [0.15, 0.2) is 36.4 Å². The Bertz CT molecular complexity index is 1040. The Balaban J connectivity index is 1.29. The fourth-order valence-electron chi connectivity index (χ4n) is 3.36. The number of rotatable bonds is 5. The van der Waals surface area contributed by atoms with E-state index in [0.717, 1.165) is 6.07 Å². The van der Waals surface area contributed by atoms with Gasteiger partial charge in [0, 0.05) is 17.9 Å². The van der Waals surface area contributed by atoms with Crippen molar-refractivity contribution in [3.05, 3.63) is 41.3 Å². The van der Waals surface area contributed by atoms with Crippen molar-refractivity contribution in [1.29, 1.82) is 0 Å². The fourth-order valence-corrected chi connectivity index (χ4v) is 4.13. The van der Waals surface area contributed by atoms with Crippen LogP contribution in [0.3, 0.4) is 0 Å². The highest BCUT2D eigenvalue weighted by Crippen LogP contribution is 2.36. The van der Waals surface area contributed by atoms with E-state index in [2.05, 4.69) is 10.6 Å². The number of benzene rings is 1. The molecule has 2 aromatic rings. The highest BCUT2D eigenvalue weighted by molar-refractivity contribution is 7.16. The molecule has 2 fully saturated rings. The smallest absolute Gasteiger partial charge is 0.425 e. The number of hydrogen-bond acceptors (Lipinski definition) is 6. The Morgan fingerprint density at radius 2 is 1.79 bits per heavy atom. The average molecular weight is 484 g/mol. The molecule has 1 aromatic carbocycles. The first kappa shape index (κ1) is 22.9. The molecule has 1 atom stereocenters. The molecule has 2 aliphatic heterocycles. The van der Waals surface area contributed by atoms with Gasteiger partial charge < -0.3 is 19.7 Å². The van der Waals surface area contributed by atoms with Gasteiger partial charge in [-0.15, -0.1) is 11.3 Å². The molecule has 2 saturated heterocycles. The molecule has 33 heavy (non-hydrogen) atoms. The van der Waals surface area contributed by atoms with Crippen LogP contribution in [0.1, 0.15) is 4.88 Å². The number of nitrogens with zero attached hydrogens (tertiary/aromatic N) is 2. The molecule has 176 valence electrons. The Morgan fingerprint density at radius 3 is 2.42 bits per heavy atom. The van der Waals surface area contributed by atoms with E-state index >= 15 is 0 Å². The lowest BCUT2D eigenvalue weighted by atomic mass is 10.2. The number of thiophene rings is 1. The van der Waals surface area contributed by atoms with E-state index in [1.165, 1.54) is 11.0 Å². The number of morpholine rings is 1. The number of carbonyl (C=O) groups excluding carboxylic acids is 3. The Labute approximate surface area is 190 Å². The highest BCUT2D eigenvalue weighted by Gasteiger charge is 2.34. The first-order valence-corrected chi connectivity index (χ1v) is 10.7. The normalized spacial score (nSPS) is 18.9. The van der Waals surface area contributed by atoms with Crippen molar-refractivity contribution in [3.63, 3.8) is 0 Å². The first-order valence-electron chi connectivity index (χ1n) is 9.89. The van der Waals surface area contributed by atoms with Gasteiger partial charge in [0.1, 0.15) is 17.6 Å². The predicted molar refractivity (Wildman–Crippen MR) is 114 cm³/mol. The van der Waals surface area contributed by atoms with Gasteiger partial charge in [0.2, 0.25) is 0 Å². The SMILES string of the molecule is O=C(NC[C@H]1CN(c2ccc(N3CCOCC3=O)cc2)C(=O)O1)Nc1ccc(C(F)(F)F)s1. The van der Waals surface area contributed by atoms with Crippen LogP contribution in [-0.4, -0.2) is 57.0 Å². The lowest BCUT2D eigenvalue weighted by Crippen LogP contribution is -2.41. The van der Waals surface area contributed by atoms with Crippen molar-refractivity contribution in [2.75, 3.05) is 48.0 Å². The molecule has 1 aromatic heterocycles. The Kier molecular flexibility index (Phi) is 6.42. The minimum absolute atomic E-state index is 0.0219. The first-order chi connectivity index (χ1) is 15.7. The molecular weight excluding hydrogens is 465 g/mol. The zero-order valence-corrected chi connectivity index (χ0v) is 17.9. The van der Waals surface area contributed by atoms with Crippen LogP contribution in [0.2, 0.25) is 0 Å². The third-order valence-electron chi connectivity index (χ3n) is 4.95. The van der Waals surface area contributed by atoms with Gasteiger partial charge in [-0.25, -0.2) is 9.59 Å². The molecule has 0 radical (unpaired) electrons. The lowest BCUT2D eigenvalue weighted by Gasteiger charge is -2.27. The standard InChI is InChI=1S/C20H19F3N4O5S/c21-20(22,23)15-5-6-16(33-15)25-18(29)24-9-14-10-27(19(30)32-14)13-3-1-12(2-4-13)26-7-8-31-11-17(26)28/h1-6,14H,7-11H2,(H2,24,25,29)/t14-/m0/s1. The largest absolute Gasteiger partial charge is 0.442 e. The van der Waals surface area contributed by atoms with Gasteiger partial charge in [0.25, 0.3) is 5.91 Å². The quantitative estimate of drug-likeness (QED) is 0.679. The van der Waals surface area contributed by atoms with E-state index in [-0.39, 0.29) is 30.6 Å². The molecule has 0 saturated carbocycles. The zero-order valence-electron chi connectivity index (χ0n) is 17.1. The maximum atomic E-state index is 12.6. The van der Waals surface area contributed by atoms with Crippen molar-refractivity contribution >= 4 is 45.7 Å². The number of carbonyl (C=O) groups is 3. The molecule has 2 aliphatic rings. The van der Waals surface area contributed by atoms with E-state index in [4.69, 9.17) is 9.47 Å². The molecule has 4 amide bonds. The number of urea groups is 1. The van der Waals surface area contributed by atoms with Gasteiger partial charge in [-0.2, -0.15) is 13.2 Å². The summed E-state index contributed by atoms with van der Waals surface area (Å²) in [6.07, 6.45) is -5.71. The number of nitrogens with one attached hydrogen (secondary N) is 2. The topological polar surface area (TPSA) is 100 Å². The van der Waals surface area contributed by atoms with E-state index < -0.39 is 29.3 Å². The van der Waals surface area contributed by atoms with E-state index in [9.17, 15) is 27.6 Å². The molecule has 2 N–H and O–H groups in total. The molecule has 13 heteroatoms. The van der Waals surface area contributed by atoms with Crippen LogP contribution in [-0.2, 0) is 20.4 Å². The number of hydrogen-bond donors (Lipinski definition) is 2. The average Bonchev–Trinajstić information content (AvgIpc) is 3.39. The molecule has 0 aliphatic carbocycles. The second-order valence-corrected chi connectivity index (χ2v) is 8.31. The summed E-state index contributed by atoms with van der Waals surface area (Å²) in [4.78, 5) is 38.4. The van der Waals surface area contributed by atoms with Gasteiger partial charge in [-0.3, -0.25) is 15.0 Å². The van der Waals surface area contributed by atoms with Crippen LogP contribution < -0.4 is 20.4 Å². The van der Waals surface area contributed by atoms with Gasteiger partial charge in [0.15, 0.2) is 0 Å². The van der Waals surface area contributed by atoms with Crippen molar-refractivity contribution in [2.45, 2.75) is 12.3 Å². The van der Waals surface area contributed by atoms with Crippen LogP contribution in [0, 0.1) is 0 Å². The fraction of sp³-hybridized carbons (Fsp3) is 0.350.